The average molecular weight is 488 g/mol. The predicted molar refractivity (Wildman–Crippen MR) is 119 cm³/mol. The van der Waals surface area contributed by atoms with Gasteiger partial charge in [-0.05, 0) is 37.3 Å². The Bertz CT molecular complexity index is 1250. The van der Waals surface area contributed by atoms with E-state index in [4.69, 9.17) is 9.84 Å². The Morgan fingerprint density at radius 1 is 1.06 bits per heavy atom. The van der Waals surface area contributed by atoms with Crippen LogP contribution in [-0.4, -0.2) is 39.5 Å². The van der Waals surface area contributed by atoms with Crippen molar-refractivity contribution in [2.45, 2.75) is 19.5 Å². The molecule has 3 rings (SSSR count). The number of halogens is 3. The number of ether oxygens (including phenoxy) is 1. The Morgan fingerprint density at radius 3 is 2.43 bits per heavy atom. The summed E-state index contributed by atoms with van der Waals surface area (Å²) in [6.45, 7) is 1.35. The van der Waals surface area contributed by atoms with Crippen LogP contribution in [0.1, 0.15) is 29.3 Å². The summed E-state index contributed by atoms with van der Waals surface area (Å²) in [7, 11) is 0. The lowest BCUT2D eigenvalue weighted by Gasteiger charge is -2.18. The standard InChI is InChI=1S/C23H19F3N4O5/c1-2-35-20-10-18(30-22(33)34)17(9-15(20)23(24,25)26)29-21(32)11-19(31)13-5-7-28-16(8-13)14-4-3-6-27-12-14/h3-10,12,30H,2,11H2,1H3,(H,29,32)(H,33,34). The lowest BCUT2D eigenvalue weighted by atomic mass is 10.1. The van der Waals surface area contributed by atoms with Crippen LogP contribution in [0.3, 0.4) is 0 Å². The molecule has 0 atom stereocenters. The molecule has 0 aliphatic rings. The maximum absolute atomic E-state index is 13.5. The molecular formula is C23H19F3N4O5. The molecule has 0 spiro atoms. The van der Waals surface area contributed by atoms with Crippen LogP contribution in [0.4, 0.5) is 29.3 Å². The summed E-state index contributed by atoms with van der Waals surface area (Å²) in [5.41, 5.74) is -0.805. The molecule has 0 aliphatic carbocycles. The van der Waals surface area contributed by atoms with Crippen molar-refractivity contribution >= 4 is 29.2 Å². The van der Waals surface area contributed by atoms with Crippen molar-refractivity contribution in [2.75, 3.05) is 17.2 Å². The summed E-state index contributed by atoms with van der Waals surface area (Å²) in [4.78, 5) is 44.4. The normalized spacial score (nSPS) is 11.0. The maximum atomic E-state index is 13.5. The van der Waals surface area contributed by atoms with Crippen LogP contribution >= 0.6 is 0 Å². The van der Waals surface area contributed by atoms with Gasteiger partial charge < -0.3 is 15.2 Å². The molecule has 0 aliphatic heterocycles. The largest absolute Gasteiger partial charge is 0.493 e. The summed E-state index contributed by atoms with van der Waals surface area (Å²) >= 11 is 0. The van der Waals surface area contributed by atoms with Gasteiger partial charge in [-0.15, -0.1) is 0 Å². The average Bonchev–Trinajstić information content (AvgIpc) is 2.80. The summed E-state index contributed by atoms with van der Waals surface area (Å²) in [6.07, 6.45) is -2.63. The first-order valence-corrected chi connectivity index (χ1v) is 10.2. The molecule has 2 amide bonds. The number of alkyl halides is 3. The van der Waals surface area contributed by atoms with Gasteiger partial charge in [-0.1, -0.05) is 0 Å². The molecule has 12 heteroatoms. The number of rotatable bonds is 8. The zero-order valence-electron chi connectivity index (χ0n) is 18.2. The van der Waals surface area contributed by atoms with Crippen molar-refractivity contribution in [2.24, 2.45) is 0 Å². The first kappa shape index (κ1) is 25.1. The number of ketones is 1. The number of carboxylic acid groups (broad SMARTS) is 1. The van der Waals surface area contributed by atoms with Crippen LogP contribution in [0.2, 0.25) is 0 Å². The van der Waals surface area contributed by atoms with E-state index in [1.165, 1.54) is 25.3 Å². The van der Waals surface area contributed by atoms with Gasteiger partial charge in [-0.3, -0.25) is 24.9 Å². The highest BCUT2D eigenvalue weighted by molar-refractivity contribution is 6.12. The fourth-order valence-corrected chi connectivity index (χ4v) is 3.12. The number of nitrogens with zero attached hydrogens (tertiary/aromatic N) is 2. The first-order valence-electron chi connectivity index (χ1n) is 10.2. The third kappa shape index (κ3) is 6.53. The van der Waals surface area contributed by atoms with Crippen molar-refractivity contribution in [3.8, 4) is 17.0 Å². The topological polar surface area (TPSA) is 131 Å². The number of carbonyl (C=O) groups is 3. The number of Topliss-reactive ketones (excluding diaryl/α,β-unsaturated/α-hetero) is 1. The predicted octanol–water partition coefficient (Wildman–Crippen LogP) is 4.86. The molecule has 2 aromatic heterocycles. The van der Waals surface area contributed by atoms with E-state index in [2.05, 4.69) is 15.3 Å². The number of benzene rings is 1. The van der Waals surface area contributed by atoms with Gasteiger partial charge in [0, 0.05) is 35.8 Å². The Kier molecular flexibility index (Phi) is 7.64. The van der Waals surface area contributed by atoms with Crippen LogP contribution in [-0.2, 0) is 11.0 Å². The fraction of sp³-hybridized carbons (Fsp3) is 0.174. The van der Waals surface area contributed by atoms with Crippen molar-refractivity contribution in [1.82, 2.24) is 9.97 Å². The van der Waals surface area contributed by atoms with Gasteiger partial charge in [0.1, 0.15) is 5.75 Å². The molecule has 2 heterocycles. The minimum absolute atomic E-state index is 0.108. The minimum atomic E-state index is -4.85. The van der Waals surface area contributed by atoms with Gasteiger partial charge in [-0.2, -0.15) is 13.2 Å². The van der Waals surface area contributed by atoms with Crippen LogP contribution in [0.15, 0.2) is 55.0 Å². The van der Waals surface area contributed by atoms with Crippen molar-refractivity contribution in [3.63, 3.8) is 0 Å². The van der Waals surface area contributed by atoms with E-state index in [0.29, 0.717) is 17.3 Å². The Morgan fingerprint density at radius 2 is 1.80 bits per heavy atom. The van der Waals surface area contributed by atoms with Crippen molar-refractivity contribution < 1.29 is 37.4 Å². The van der Waals surface area contributed by atoms with Gasteiger partial charge in [0.2, 0.25) is 5.91 Å². The molecule has 35 heavy (non-hydrogen) atoms. The molecule has 0 saturated carbocycles. The number of nitrogens with one attached hydrogen (secondary N) is 2. The molecule has 0 unspecified atom stereocenters. The van der Waals surface area contributed by atoms with Crippen LogP contribution in [0, 0.1) is 0 Å². The molecule has 0 radical (unpaired) electrons. The van der Waals surface area contributed by atoms with Gasteiger partial charge >= 0.3 is 12.3 Å². The number of hydrogen-bond donors (Lipinski definition) is 3. The lowest BCUT2D eigenvalue weighted by Crippen LogP contribution is -2.20. The Balaban J connectivity index is 1.85. The molecule has 9 nitrogen and oxygen atoms in total. The van der Waals surface area contributed by atoms with Gasteiger partial charge in [0.25, 0.3) is 0 Å². The summed E-state index contributed by atoms with van der Waals surface area (Å²) in [5, 5.41) is 13.1. The number of aromatic nitrogens is 2. The Hall–Kier alpha value is -4.48. The summed E-state index contributed by atoms with van der Waals surface area (Å²) in [6, 6.07) is 7.64. The first-order chi connectivity index (χ1) is 16.6. The maximum Gasteiger partial charge on any atom is 0.420 e. The quantitative estimate of drug-likeness (QED) is 0.305. The molecule has 1 aromatic carbocycles. The number of anilines is 2. The molecule has 0 bridgehead atoms. The van der Waals surface area contributed by atoms with E-state index in [0.717, 1.165) is 6.07 Å². The van der Waals surface area contributed by atoms with Crippen LogP contribution < -0.4 is 15.4 Å². The number of hydrogen-bond acceptors (Lipinski definition) is 6. The highest BCUT2D eigenvalue weighted by atomic mass is 19.4. The summed E-state index contributed by atoms with van der Waals surface area (Å²) in [5.74, 6) is -2.18. The highest BCUT2D eigenvalue weighted by Crippen LogP contribution is 2.41. The van der Waals surface area contributed by atoms with Crippen LogP contribution in [0.25, 0.3) is 11.3 Å². The second kappa shape index (κ2) is 10.6. The highest BCUT2D eigenvalue weighted by Gasteiger charge is 2.36. The number of amides is 2. The molecular weight excluding hydrogens is 469 g/mol. The van der Waals surface area contributed by atoms with E-state index < -0.39 is 47.4 Å². The van der Waals surface area contributed by atoms with Crippen molar-refractivity contribution in [3.05, 3.63) is 66.1 Å². The molecule has 3 aromatic rings. The minimum Gasteiger partial charge on any atom is -0.493 e. The van der Waals surface area contributed by atoms with E-state index in [1.54, 1.807) is 24.5 Å². The molecule has 0 saturated heterocycles. The van der Waals surface area contributed by atoms with E-state index >= 15 is 0 Å². The SMILES string of the molecule is CCOc1cc(NC(=O)O)c(NC(=O)CC(=O)c2ccnc(-c3cccnc3)c2)cc1C(F)(F)F. The third-order valence-corrected chi connectivity index (χ3v) is 4.60. The van der Waals surface area contributed by atoms with E-state index in [-0.39, 0.29) is 17.9 Å². The Labute approximate surface area is 197 Å². The molecule has 3 N–H and O–H groups in total. The summed E-state index contributed by atoms with van der Waals surface area (Å²) < 4.78 is 45.5. The number of pyridine rings is 2. The van der Waals surface area contributed by atoms with Gasteiger partial charge in [0.05, 0.1) is 35.7 Å². The monoisotopic (exact) mass is 488 g/mol. The third-order valence-electron chi connectivity index (χ3n) is 4.60. The number of carbonyl (C=O) groups excluding carboxylic acids is 2. The second-order valence-electron chi connectivity index (χ2n) is 7.07. The second-order valence-corrected chi connectivity index (χ2v) is 7.07. The molecule has 0 fully saturated rings. The van der Waals surface area contributed by atoms with E-state index in [1.807, 2.05) is 5.32 Å². The lowest BCUT2D eigenvalue weighted by molar-refractivity contribution is -0.138. The van der Waals surface area contributed by atoms with Gasteiger partial charge in [-0.25, -0.2) is 4.79 Å². The van der Waals surface area contributed by atoms with Crippen LogP contribution in [0.5, 0.6) is 5.75 Å². The molecule has 182 valence electrons. The van der Waals surface area contributed by atoms with Gasteiger partial charge in [0.15, 0.2) is 5.78 Å². The fourth-order valence-electron chi connectivity index (χ4n) is 3.12. The zero-order chi connectivity index (χ0) is 25.6. The van der Waals surface area contributed by atoms with Crippen molar-refractivity contribution in [1.29, 1.82) is 0 Å². The van der Waals surface area contributed by atoms with E-state index in [9.17, 15) is 27.6 Å². The smallest absolute Gasteiger partial charge is 0.420 e. The zero-order valence-corrected chi connectivity index (χ0v) is 18.2.